The Hall–Kier alpha value is -5.12. The molecular weight excluding hydrogens is 633 g/mol. The van der Waals surface area contributed by atoms with Crippen LogP contribution in [0.1, 0.15) is 38.8 Å². The molecule has 0 unspecified atom stereocenters. The maximum Gasteiger partial charge on any atom is 0.316 e. The summed E-state index contributed by atoms with van der Waals surface area (Å²) in [5.41, 5.74) is 5.89. The molecule has 0 atom stereocenters. The molecule has 0 saturated carbocycles. The number of hydroxylamine groups is 3. The number of benzene rings is 5. The summed E-state index contributed by atoms with van der Waals surface area (Å²) < 4.78 is 11.8. The third-order valence-electron chi connectivity index (χ3n) is 9.97. The van der Waals surface area contributed by atoms with Gasteiger partial charge >= 0.3 is 5.84 Å². The van der Waals surface area contributed by atoms with Crippen molar-refractivity contribution in [2.24, 2.45) is 0 Å². The lowest BCUT2D eigenvalue weighted by molar-refractivity contribution is -0.539. The second kappa shape index (κ2) is 12.1. The summed E-state index contributed by atoms with van der Waals surface area (Å²) in [6, 6.07) is 36.8. The van der Waals surface area contributed by atoms with Gasteiger partial charge in [0.25, 0.3) is 0 Å². The van der Waals surface area contributed by atoms with Crippen LogP contribution in [0.3, 0.4) is 0 Å². The Morgan fingerprint density at radius 3 is 1.71 bits per heavy atom. The van der Waals surface area contributed by atoms with E-state index < -0.39 is 11.1 Å². The first-order valence-electron chi connectivity index (χ1n) is 16.2. The van der Waals surface area contributed by atoms with Crippen LogP contribution in [0.5, 0.6) is 11.5 Å². The van der Waals surface area contributed by atoms with Gasteiger partial charge in [-0.25, -0.2) is 0 Å². The molecule has 0 N–H and O–H groups in total. The highest BCUT2D eigenvalue weighted by molar-refractivity contribution is 7.99. The number of methoxy groups -OCH3 is 2. The number of fused-ring (bicyclic) bond motifs is 2. The number of ether oxygens (including phenoxy) is 2. The van der Waals surface area contributed by atoms with Crippen molar-refractivity contribution in [2.45, 2.75) is 55.5 Å². The van der Waals surface area contributed by atoms with Gasteiger partial charge in [0, 0.05) is 37.7 Å². The van der Waals surface area contributed by atoms with E-state index in [1.54, 1.807) is 26.0 Å². The molecule has 9 heteroatoms. The molecule has 2 aliphatic heterocycles. The first-order chi connectivity index (χ1) is 23.4. The minimum atomic E-state index is -0.908. The Kier molecular flexibility index (Phi) is 8.00. The molecule has 2 heterocycles. The normalized spacial score (nSPS) is 15.9. The highest BCUT2D eigenvalue weighted by atomic mass is 32.2. The van der Waals surface area contributed by atoms with Gasteiger partial charge in [0.1, 0.15) is 17.0 Å². The molecule has 249 valence electrons. The van der Waals surface area contributed by atoms with Gasteiger partial charge in [0.2, 0.25) is 0 Å². The maximum absolute atomic E-state index is 13.6. The van der Waals surface area contributed by atoms with Crippen molar-refractivity contribution in [3.8, 4) is 11.5 Å². The lowest BCUT2D eigenvalue weighted by atomic mass is 9.84. The second-order valence-corrected chi connectivity index (χ2v) is 14.5. The highest BCUT2D eigenvalue weighted by Crippen LogP contribution is 2.53. The van der Waals surface area contributed by atoms with Crippen LogP contribution in [0.25, 0.3) is 0 Å². The van der Waals surface area contributed by atoms with Gasteiger partial charge in [-0.05, 0) is 132 Å². The molecule has 5 aromatic rings. The minimum Gasteiger partial charge on any atom is -0.714 e. The summed E-state index contributed by atoms with van der Waals surface area (Å²) in [7, 11) is 3.33. The molecule has 7 rings (SSSR count). The fourth-order valence-electron chi connectivity index (χ4n) is 6.30. The molecule has 0 saturated heterocycles. The standard InChI is InChI=1S/C40H39N4O4S/c1-26-8-11-30(12-9-26)42-34-22-10-27(38-43(45)39(2,3)40(4,5)44(38)46)24-36(34)49-37-25-31(17-23-35(37)42)41(28-13-18-32(47-6)19-14-28)29-15-20-33(48-7)21-16-29/h8-25H,1-7H3. The molecule has 0 amide bonds. The fourth-order valence-corrected chi connectivity index (χ4v) is 7.43. The predicted octanol–water partition coefficient (Wildman–Crippen LogP) is 9.89. The summed E-state index contributed by atoms with van der Waals surface area (Å²) in [5, 5.41) is 28.1. The molecular formula is C40H39N4O4S. The zero-order chi connectivity index (χ0) is 34.7. The number of rotatable bonds is 7. The van der Waals surface area contributed by atoms with Gasteiger partial charge in [-0.15, -0.1) is 0 Å². The van der Waals surface area contributed by atoms with E-state index in [-0.39, 0.29) is 5.84 Å². The summed E-state index contributed by atoms with van der Waals surface area (Å²) >= 11 is 1.63. The summed E-state index contributed by atoms with van der Waals surface area (Å²) in [5.74, 6) is 1.69. The van der Waals surface area contributed by atoms with Crippen molar-refractivity contribution in [3.05, 3.63) is 126 Å². The lowest BCUT2D eigenvalue weighted by Gasteiger charge is -2.34. The van der Waals surface area contributed by atoms with Gasteiger partial charge < -0.3 is 24.5 Å². The van der Waals surface area contributed by atoms with Crippen molar-refractivity contribution >= 4 is 51.7 Å². The smallest absolute Gasteiger partial charge is 0.316 e. The Labute approximate surface area is 292 Å². The Bertz CT molecular complexity index is 2010. The van der Waals surface area contributed by atoms with E-state index in [9.17, 15) is 10.4 Å². The first kappa shape index (κ1) is 32.4. The number of aryl methyl sites for hydroxylation is 1. The van der Waals surface area contributed by atoms with Crippen molar-refractivity contribution in [2.75, 3.05) is 24.0 Å². The summed E-state index contributed by atoms with van der Waals surface area (Å²) in [6.07, 6.45) is 0. The van der Waals surface area contributed by atoms with Gasteiger partial charge in [-0.1, -0.05) is 34.5 Å². The van der Waals surface area contributed by atoms with Gasteiger partial charge in [-0.2, -0.15) is 0 Å². The number of hydrogen-bond acceptors (Lipinski definition) is 7. The SMILES string of the molecule is COc1ccc(N(c2ccc(OC)cc2)c2ccc3c(c2)Sc2cc(C4=[N+]([O-])C(C)(C)C(C)(C)N4[O])ccc2N3c2ccc(C)cc2)cc1. The van der Waals surface area contributed by atoms with Crippen LogP contribution in [0, 0.1) is 12.1 Å². The molecule has 0 bridgehead atoms. The zero-order valence-electron chi connectivity index (χ0n) is 28.7. The first-order valence-corrected chi connectivity index (χ1v) is 17.0. The topological polar surface area (TPSA) is 74.1 Å². The molecule has 1 radical (unpaired) electrons. The molecule has 0 spiro atoms. The van der Waals surface area contributed by atoms with Gasteiger partial charge in [0.15, 0.2) is 5.54 Å². The third-order valence-corrected chi connectivity index (χ3v) is 11.1. The Balaban J connectivity index is 1.38. The number of anilines is 6. The lowest BCUT2D eigenvalue weighted by Crippen LogP contribution is -2.53. The quantitative estimate of drug-likeness (QED) is 0.124. The van der Waals surface area contributed by atoms with Gasteiger partial charge in [0.05, 0.1) is 31.2 Å². The average Bonchev–Trinajstić information content (AvgIpc) is 3.23. The van der Waals surface area contributed by atoms with E-state index in [1.165, 1.54) is 5.56 Å². The average molecular weight is 672 g/mol. The molecule has 0 fully saturated rings. The minimum absolute atomic E-state index is 0.130. The van der Waals surface area contributed by atoms with Crippen LogP contribution >= 0.6 is 11.8 Å². The van der Waals surface area contributed by atoms with Crippen LogP contribution in [0.15, 0.2) is 119 Å². The predicted molar refractivity (Wildman–Crippen MR) is 196 cm³/mol. The van der Waals surface area contributed by atoms with Crippen LogP contribution in [-0.2, 0) is 5.21 Å². The van der Waals surface area contributed by atoms with E-state index >= 15 is 0 Å². The summed E-state index contributed by atoms with van der Waals surface area (Å²) in [4.78, 5) is 6.42. The van der Waals surface area contributed by atoms with E-state index in [2.05, 4.69) is 59.2 Å². The highest BCUT2D eigenvalue weighted by Gasteiger charge is 2.60. The Morgan fingerprint density at radius 2 is 1.20 bits per heavy atom. The molecule has 49 heavy (non-hydrogen) atoms. The van der Waals surface area contributed by atoms with Crippen LogP contribution < -0.4 is 19.3 Å². The largest absolute Gasteiger partial charge is 0.714 e. The van der Waals surface area contributed by atoms with E-state index in [4.69, 9.17) is 9.47 Å². The fraction of sp³-hybridized carbons (Fsp3) is 0.225. The van der Waals surface area contributed by atoms with Crippen LogP contribution in [0.2, 0.25) is 0 Å². The maximum atomic E-state index is 13.6. The zero-order valence-corrected chi connectivity index (χ0v) is 29.5. The molecule has 8 nitrogen and oxygen atoms in total. The van der Waals surface area contributed by atoms with E-state index in [1.807, 2.05) is 94.4 Å². The summed E-state index contributed by atoms with van der Waals surface area (Å²) in [6.45, 7) is 9.35. The third kappa shape index (κ3) is 5.34. The van der Waals surface area contributed by atoms with Crippen LogP contribution in [0.4, 0.5) is 34.1 Å². The van der Waals surface area contributed by atoms with Crippen molar-refractivity contribution in [1.29, 1.82) is 0 Å². The van der Waals surface area contributed by atoms with Crippen molar-refractivity contribution in [1.82, 2.24) is 5.06 Å². The second-order valence-electron chi connectivity index (χ2n) is 13.4. The van der Waals surface area contributed by atoms with Gasteiger partial charge in [-0.3, -0.25) is 4.74 Å². The molecule has 0 aromatic heterocycles. The number of nitrogens with zero attached hydrogens (tertiary/aromatic N) is 4. The van der Waals surface area contributed by atoms with E-state index in [0.29, 0.717) is 5.56 Å². The Morgan fingerprint density at radius 1 is 0.694 bits per heavy atom. The molecule has 2 aliphatic rings. The monoisotopic (exact) mass is 671 g/mol. The van der Waals surface area contributed by atoms with Crippen molar-refractivity contribution in [3.63, 3.8) is 0 Å². The number of amidine groups is 1. The molecule has 0 aliphatic carbocycles. The number of hydrogen-bond donors (Lipinski definition) is 0. The van der Waals surface area contributed by atoms with Crippen molar-refractivity contribution < 1.29 is 19.4 Å². The van der Waals surface area contributed by atoms with E-state index in [0.717, 1.165) is 65.2 Å². The molecule has 5 aromatic carbocycles. The van der Waals surface area contributed by atoms with Crippen LogP contribution in [-0.4, -0.2) is 40.9 Å².